The van der Waals surface area contributed by atoms with Crippen LogP contribution in [0.4, 0.5) is 5.69 Å². The van der Waals surface area contributed by atoms with Crippen molar-refractivity contribution < 1.29 is 19.1 Å². The second-order valence-electron chi connectivity index (χ2n) is 7.50. The zero-order chi connectivity index (χ0) is 19.9. The Hall–Kier alpha value is -2.41. The van der Waals surface area contributed by atoms with E-state index in [4.69, 9.17) is 0 Å². The number of carbonyl (C=O) groups is 3. The van der Waals surface area contributed by atoms with Gasteiger partial charge >= 0.3 is 11.9 Å². The average Bonchev–Trinajstić information content (AvgIpc) is 3.18. The van der Waals surface area contributed by atoms with Crippen LogP contribution in [0.1, 0.15) is 55.8 Å². The SMILES string of the molecule is CCOC(=O)C(=O)Nc1ccc(C(=O)NC2CCN(C3CCCCC3)C2)cc1. The van der Waals surface area contributed by atoms with Crippen molar-refractivity contribution in [2.45, 2.75) is 57.5 Å². The lowest BCUT2D eigenvalue weighted by Gasteiger charge is -2.31. The molecule has 1 aliphatic carbocycles. The molecule has 1 atom stereocenters. The Morgan fingerprint density at radius 2 is 1.79 bits per heavy atom. The summed E-state index contributed by atoms with van der Waals surface area (Å²) in [5.41, 5.74) is 0.976. The second kappa shape index (κ2) is 9.68. The molecule has 1 aliphatic heterocycles. The van der Waals surface area contributed by atoms with Crippen molar-refractivity contribution in [1.29, 1.82) is 0 Å². The van der Waals surface area contributed by atoms with E-state index >= 15 is 0 Å². The molecule has 1 heterocycles. The molecule has 28 heavy (non-hydrogen) atoms. The molecule has 2 aliphatic rings. The van der Waals surface area contributed by atoms with E-state index in [1.165, 1.54) is 32.1 Å². The van der Waals surface area contributed by atoms with Crippen molar-refractivity contribution in [3.8, 4) is 0 Å². The lowest BCUT2D eigenvalue weighted by molar-refractivity contribution is -0.152. The fraction of sp³-hybridized carbons (Fsp3) is 0.571. The van der Waals surface area contributed by atoms with E-state index in [1.54, 1.807) is 31.2 Å². The minimum absolute atomic E-state index is 0.112. The Balaban J connectivity index is 1.48. The normalized spacial score (nSPS) is 20.5. The van der Waals surface area contributed by atoms with Gasteiger partial charge in [-0.15, -0.1) is 0 Å². The summed E-state index contributed by atoms with van der Waals surface area (Å²) in [6.45, 7) is 3.75. The smallest absolute Gasteiger partial charge is 0.397 e. The molecule has 7 heteroatoms. The zero-order valence-corrected chi connectivity index (χ0v) is 16.4. The van der Waals surface area contributed by atoms with Gasteiger partial charge in [-0.25, -0.2) is 4.79 Å². The molecule has 152 valence electrons. The summed E-state index contributed by atoms with van der Waals surface area (Å²) in [6, 6.07) is 7.35. The van der Waals surface area contributed by atoms with E-state index in [0.717, 1.165) is 19.5 Å². The molecule has 0 spiro atoms. The Morgan fingerprint density at radius 3 is 2.46 bits per heavy atom. The van der Waals surface area contributed by atoms with Gasteiger partial charge in [0.15, 0.2) is 0 Å². The largest absolute Gasteiger partial charge is 0.459 e. The third-order valence-corrected chi connectivity index (χ3v) is 5.51. The topological polar surface area (TPSA) is 87.7 Å². The van der Waals surface area contributed by atoms with Crippen LogP contribution in [0.2, 0.25) is 0 Å². The van der Waals surface area contributed by atoms with E-state index in [2.05, 4.69) is 20.3 Å². The van der Waals surface area contributed by atoms with Gasteiger partial charge in [0.05, 0.1) is 6.61 Å². The molecular weight excluding hydrogens is 358 g/mol. The summed E-state index contributed by atoms with van der Waals surface area (Å²) in [5.74, 6) is -1.86. The molecule has 2 amide bonds. The van der Waals surface area contributed by atoms with Crippen molar-refractivity contribution in [2.24, 2.45) is 0 Å². The van der Waals surface area contributed by atoms with Crippen molar-refractivity contribution in [3.63, 3.8) is 0 Å². The van der Waals surface area contributed by atoms with E-state index in [9.17, 15) is 14.4 Å². The Kier molecular flexibility index (Phi) is 7.03. The number of likely N-dealkylation sites (tertiary alicyclic amines) is 1. The molecule has 0 radical (unpaired) electrons. The molecule has 0 bridgehead atoms. The molecule has 7 nitrogen and oxygen atoms in total. The molecule has 1 unspecified atom stereocenters. The van der Waals surface area contributed by atoms with Crippen LogP contribution in [-0.2, 0) is 14.3 Å². The van der Waals surface area contributed by atoms with Crippen LogP contribution in [0.3, 0.4) is 0 Å². The van der Waals surface area contributed by atoms with Gasteiger partial charge in [0, 0.05) is 36.4 Å². The summed E-state index contributed by atoms with van der Waals surface area (Å²) >= 11 is 0. The molecule has 3 rings (SSSR count). The van der Waals surface area contributed by atoms with Crippen LogP contribution in [-0.4, -0.2) is 54.5 Å². The molecule has 1 saturated heterocycles. The number of benzene rings is 1. The van der Waals surface area contributed by atoms with Crippen molar-refractivity contribution in [1.82, 2.24) is 10.2 Å². The third kappa shape index (κ3) is 5.32. The van der Waals surface area contributed by atoms with Gasteiger partial charge in [0.25, 0.3) is 5.91 Å². The number of ether oxygens (including phenoxy) is 1. The predicted octanol–water partition coefficient (Wildman–Crippen LogP) is 2.32. The standard InChI is InChI=1S/C21H29N3O4/c1-2-28-21(27)20(26)22-16-10-8-15(9-11-16)19(25)23-17-12-13-24(14-17)18-6-4-3-5-7-18/h8-11,17-18H,2-7,12-14H2,1H3,(H,22,26)(H,23,25). The fourth-order valence-corrected chi connectivity index (χ4v) is 4.04. The minimum atomic E-state index is -0.923. The maximum atomic E-state index is 12.5. The first kappa shape index (κ1) is 20.3. The quantitative estimate of drug-likeness (QED) is 0.598. The maximum absolute atomic E-state index is 12.5. The monoisotopic (exact) mass is 387 g/mol. The predicted molar refractivity (Wildman–Crippen MR) is 106 cm³/mol. The number of esters is 1. The van der Waals surface area contributed by atoms with E-state index in [-0.39, 0.29) is 18.6 Å². The van der Waals surface area contributed by atoms with Gasteiger partial charge < -0.3 is 15.4 Å². The highest BCUT2D eigenvalue weighted by Crippen LogP contribution is 2.25. The number of amides is 2. The number of nitrogens with zero attached hydrogens (tertiary/aromatic N) is 1. The molecular formula is C21H29N3O4. The lowest BCUT2D eigenvalue weighted by Crippen LogP contribution is -2.40. The summed E-state index contributed by atoms with van der Waals surface area (Å²) in [5, 5.41) is 5.57. The minimum Gasteiger partial charge on any atom is -0.459 e. The van der Waals surface area contributed by atoms with Crippen molar-refractivity contribution in [3.05, 3.63) is 29.8 Å². The van der Waals surface area contributed by atoms with E-state index in [0.29, 0.717) is 17.3 Å². The van der Waals surface area contributed by atoms with Gasteiger partial charge in [-0.3, -0.25) is 14.5 Å². The Labute approximate surface area is 165 Å². The van der Waals surface area contributed by atoms with Crippen LogP contribution in [0.15, 0.2) is 24.3 Å². The van der Waals surface area contributed by atoms with Crippen molar-refractivity contribution in [2.75, 3.05) is 25.0 Å². The average molecular weight is 387 g/mol. The van der Waals surface area contributed by atoms with Gasteiger partial charge in [-0.05, 0) is 50.5 Å². The Morgan fingerprint density at radius 1 is 1.07 bits per heavy atom. The Bertz CT molecular complexity index is 698. The van der Waals surface area contributed by atoms with E-state index < -0.39 is 11.9 Å². The van der Waals surface area contributed by atoms with Crippen LogP contribution >= 0.6 is 0 Å². The van der Waals surface area contributed by atoms with Crippen LogP contribution in [0.25, 0.3) is 0 Å². The first-order valence-corrected chi connectivity index (χ1v) is 10.2. The summed E-state index contributed by atoms with van der Waals surface area (Å²) in [7, 11) is 0. The van der Waals surface area contributed by atoms with Gasteiger partial charge in [-0.1, -0.05) is 19.3 Å². The van der Waals surface area contributed by atoms with Gasteiger partial charge in [0.1, 0.15) is 0 Å². The molecule has 2 fully saturated rings. The van der Waals surface area contributed by atoms with Gasteiger partial charge in [-0.2, -0.15) is 0 Å². The highest BCUT2D eigenvalue weighted by Gasteiger charge is 2.29. The number of hydrogen-bond donors (Lipinski definition) is 2. The van der Waals surface area contributed by atoms with E-state index in [1.807, 2.05) is 0 Å². The lowest BCUT2D eigenvalue weighted by atomic mass is 9.94. The summed E-state index contributed by atoms with van der Waals surface area (Å²) in [4.78, 5) is 38.0. The highest BCUT2D eigenvalue weighted by molar-refractivity contribution is 6.37. The third-order valence-electron chi connectivity index (χ3n) is 5.51. The van der Waals surface area contributed by atoms with Gasteiger partial charge in [0.2, 0.25) is 0 Å². The summed E-state index contributed by atoms with van der Waals surface area (Å²) in [6.07, 6.45) is 7.52. The highest BCUT2D eigenvalue weighted by atomic mass is 16.5. The first-order valence-electron chi connectivity index (χ1n) is 10.2. The molecule has 2 N–H and O–H groups in total. The maximum Gasteiger partial charge on any atom is 0.397 e. The second-order valence-corrected chi connectivity index (χ2v) is 7.50. The number of nitrogens with one attached hydrogen (secondary N) is 2. The first-order chi connectivity index (χ1) is 13.6. The number of carbonyl (C=O) groups excluding carboxylic acids is 3. The van der Waals surface area contributed by atoms with Crippen LogP contribution in [0, 0.1) is 0 Å². The number of anilines is 1. The molecule has 1 aromatic carbocycles. The van der Waals surface area contributed by atoms with Crippen LogP contribution in [0.5, 0.6) is 0 Å². The molecule has 1 saturated carbocycles. The van der Waals surface area contributed by atoms with Crippen molar-refractivity contribution >= 4 is 23.5 Å². The fourth-order valence-electron chi connectivity index (χ4n) is 4.04. The molecule has 0 aromatic heterocycles. The summed E-state index contributed by atoms with van der Waals surface area (Å²) < 4.78 is 4.65. The van der Waals surface area contributed by atoms with Crippen LogP contribution < -0.4 is 10.6 Å². The molecule has 1 aromatic rings. The number of hydrogen-bond acceptors (Lipinski definition) is 5. The zero-order valence-electron chi connectivity index (χ0n) is 16.4. The number of rotatable bonds is 5.